The lowest BCUT2D eigenvalue weighted by Crippen LogP contribution is -2.30. The summed E-state index contributed by atoms with van der Waals surface area (Å²) in [6.45, 7) is 0. The molecule has 0 unspecified atom stereocenters. The predicted octanol–water partition coefficient (Wildman–Crippen LogP) is 6.97. The summed E-state index contributed by atoms with van der Waals surface area (Å²) in [4.78, 5) is 54.2. The summed E-state index contributed by atoms with van der Waals surface area (Å²) in [7, 11) is 7.59. The lowest BCUT2D eigenvalue weighted by Gasteiger charge is -2.20. The number of phenols is 1. The van der Waals surface area contributed by atoms with Gasteiger partial charge in [-0.05, 0) is 115 Å². The number of amides is 2. The topological polar surface area (TPSA) is 159 Å². The quantitative estimate of drug-likeness (QED) is 0.0627. The second-order valence-corrected chi connectivity index (χ2v) is 15.4. The van der Waals surface area contributed by atoms with Gasteiger partial charge in [-0.25, -0.2) is 0 Å². The summed E-state index contributed by atoms with van der Waals surface area (Å²) in [5.74, 6) is 1.32. The molecule has 0 saturated carbocycles. The first-order valence-corrected chi connectivity index (χ1v) is 20.6. The Labute approximate surface area is 347 Å². The fourth-order valence-electron chi connectivity index (χ4n) is 8.00. The summed E-state index contributed by atoms with van der Waals surface area (Å²) >= 11 is 5.71. The number of aryl methyl sites for hydroxylation is 2. The minimum Gasteiger partial charge on any atom is -0.502 e. The summed E-state index contributed by atoms with van der Waals surface area (Å²) in [6.07, 6.45) is 5.11. The average molecular weight is 829 g/mol. The van der Waals surface area contributed by atoms with Crippen LogP contribution < -0.4 is 45.2 Å². The van der Waals surface area contributed by atoms with E-state index in [2.05, 4.69) is 23.3 Å². The highest BCUT2D eigenvalue weighted by Crippen LogP contribution is 2.51. The van der Waals surface area contributed by atoms with Crippen LogP contribution in [0.3, 0.4) is 0 Å². The van der Waals surface area contributed by atoms with Crippen LogP contribution in [0.1, 0.15) is 72.9 Å². The Hall–Kier alpha value is -5.34. The molecule has 0 saturated heterocycles. The molecule has 0 heterocycles. The number of phenolic OH excluding ortho intramolecular Hbond substituents is 1. The van der Waals surface area contributed by atoms with Crippen LogP contribution in [-0.4, -0.2) is 58.7 Å². The van der Waals surface area contributed by atoms with Crippen molar-refractivity contribution in [2.45, 2.75) is 73.2 Å². The zero-order valence-corrected chi connectivity index (χ0v) is 35.1. The number of carbonyl (C=O) groups excluding carboxylic acids is 2. The van der Waals surface area contributed by atoms with E-state index in [4.69, 9.17) is 23.7 Å². The van der Waals surface area contributed by atoms with E-state index in [1.54, 1.807) is 51.7 Å². The molecule has 0 spiro atoms. The molecule has 0 bridgehead atoms. The Morgan fingerprint density at radius 2 is 1.19 bits per heavy atom. The Kier molecular flexibility index (Phi) is 13.5. The molecule has 3 N–H and O–H groups in total. The number of ether oxygens (including phenoxy) is 5. The number of thiol groups is 1. The Morgan fingerprint density at radius 1 is 0.690 bits per heavy atom. The maximum atomic E-state index is 13.5. The fraction of sp³-hybridized carbons (Fsp3) is 0.364. The molecule has 2 aliphatic carbocycles. The normalized spacial score (nSPS) is 15.2. The van der Waals surface area contributed by atoms with E-state index in [1.807, 2.05) is 18.4 Å². The number of rotatable bonds is 13. The van der Waals surface area contributed by atoms with E-state index in [-0.39, 0.29) is 57.7 Å². The number of nitrogens with one attached hydrogen (secondary N) is 2. The van der Waals surface area contributed by atoms with Crippen molar-refractivity contribution in [1.82, 2.24) is 10.6 Å². The molecule has 0 radical (unpaired) electrons. The van der Waals surface area contributed by atoms with Crippen molar-refractivity contribution in [3.8, 4) is 56.8 Å². The highest BCUT2D eigenvalue weighted by atomic mass is 32.2. The molecule has 4 aromatic carbocycles. The molecule has 14 heteroatoms. The third kappa shape index (κ3) is 8.44. The van der Waals surface area contributed by atoms with Gasteiger partial charge in [-0.2, -0.15) is 0 Å². The third-order valence-electron chi connectivity index (χ3n) is 10.8. The fourth-order valence-corrected chi connectivity index (χ4v) is 8.60. The zero-order valence-electron chi connectivity index (χ0n) is 33.4. The van der Waals surface area contributed by atoms with Gasteiger partial charge in [0.15, 0.2) is 33.9 Å². The average Bonchev–Trinajstić information content (AvgIpc) is 3.60. The molecular formula is C44H48N2O10S2. The molecule has 6 rings (SSSR count). The van der Waals surface area contributed by atoms with E-state index >= 15 is 0 Å². The van der Waals surface area contributed by atoms with Crippen molar-refractivity contribution in [3.63, 3.8) is 0 Å². The molecule has 2 aliphatic rings. The molecule has 58 heavy (non-hydrogen) atoms. The van der Waals surface area contributed by atoms with E-state index in [1.165, 1.54) is 32.0 Å². The molecule has 4 aromatic rings. The van der Waals surface area contributed by atoms with Crippen molar-refractivity contribution in [2.75, 3.05) is 41.8 Å². The minimum atomic E-state index is -0.527. The van der Waals surface area contributed by atoms with Crippen LogP contribution in [-0.2, 0) is 22.4 Å². The first-order valence-electron chi connectivity index (χ1n) is 19.0. The standard InChI is InChI=1S/C44H48N2O10S2/c1-52-33-19-23-11-15-29(27-21-31(47)35(57)17-13-25(27)39(23)43(55-4)41(33)51)45-37(49)9-7-8-10-38(50)46-30-16-12-24-20-34(53-2)42(54-3)44(56-5)40(24)26-14-18-36(58-6)32(48)22-28(26)30/h13-14,17-22,29-30,51H,7-12,15-16H2,1-6H3,(H,45,49)(H,46,50)(H,47,57)/t29-,30-/m0/s1. The third-order valence-corrected chi connectivity index (χ3v) is 11.9. The highest BCUT2D eigenvalue weighted by Gasteiger charge is 2.31. The van der Waals surface area contributed by atoms with E-state index in [0.717, 1.165) is 22.3 Å². The molecule has 0 aliphatic heterocycles. The van der Waals surface area contributed by atoms with Crippen molar-refractivity contribution in [2.24, 2.45) is 0 Å². The van der Waals surface area contributed by atoms with E-state index < -0.39 is 12.1 Å². The van der Waals surface area contributed by atoms with Crippen LogP contribution >= 0.6 is 24.4 Å². The van der Waals surface area contributed by atoms with Gasteiger partial charge in [0.1, 0.15) is 0 Å². The summed E-state index contributed by atoms with van der Waals surface area (Å²) in [5.41, 5.74) is 5.36. The monoisotopic (exact) mass is 828 g/mol. The van der Waals surface area contributed by atoms with Gasteiger partial charge in [0, 0.05) is 24.0 Å². The molecular weight excluding hydrogens is 781 g/mol. The number of carbonyl (C=O) groups is 2. The Morgan fingerprint density at radius 3 is 1.71 bits per heavy atom. The molecule has 0 fully saturated rings. The maximum Gasteiger partial charge on any atom is 0.220 e. The lowest BCUT2D eigenvalue weighted by molar-refractivity contribution is -0.123. The first kappa shape index (κ1) is 42.3. The van der Waals surface area contributed by atoms with Gasteiger partial charge in [-0.15, -0.1) is 24.4 Å². The van der Waals surface area contributed by atoms with Gasteiger partial charge in [-0.3, -0.25) is 19.2 Å². The molecule has 2 amide bonds. The van der Waals surface area contributed by atoms with Gasteiger partial charge >= 0.3 is 0 Å². The Bertz CT molecular complexity index is 2370. The van der Waals surface area contributed by atoms with Crippen LogP contribution in [0.4, 0.5) is 0 Å². The second kappa shape index (κ2) is 18.5. The van der Waals surface area contributed by atoms with Gasteiger partial charge in [-0.1, -0.05) is 12.1 Å². The summed E-state index contributed by atoms with van der Waals surface area (Å²) in [6, 6.07) is 12.8. The van der Waals surface area contributed by atoms with Gasteiger partial charge < -0.3 is 39.4 Å². The molecule has 2 atom stereocenters. The zero-order chi connectivity index (χ0) is 41.7. The molecule has 12 nitrogen and oxygen atoms in total. The number of unbranched alkanes of at least 4 members (excludes halogenated alkanes) is 1. The number of aromatic hydroxyl groups is 1. The second-order valence-electron chi connectivity index (χ2n) is 14.1. The highest BCUT2D eigenvalue weighted by molar-refractivity contribution is 7.98. The van der Waals surface area contributed by atoms with E-state index in [9.17, 15) is 24.3 Å². The Balaban J connectivity index is 1.17. The van der Waals surface area contributed by atoms with Crippen molar-refractivity contribution in [1.29, 1.82) is 0 Å². The minimum absolute atomic E-state index is 0.148. The molecule has 0 aromatic heterocycles. The van der Waals surface area contributed by atoms with Crippen LogP contribution in [0.2, 0.25) is 0 Å². The van der Waals surface area contributed by atoms with Crippen LogP contribution in [0.15, 0.2) is 67.9 Å². The predicted molar refractivity (Wildman–Crippen MR) is 227 cm³/mol. The summed E-state index contributed by atoms with van der Waals surface area (Å²) in [5, 5.41) is 17.2. The van der Waals surface area contributed by atoms with Crippen LogP contribution in [0.25, 0.3) is 22.3 Å². The van der Waals surface area contributed by atoms with Gasteiger partial charge in [0.05, 0.1) is 57.4 Å². The smallest absolute Gasteiger partial charge is 0.220 e. The summed E-state index contributed by atoms with van der Waals surface area (Å²) < 4.78 is 28.3. The van der Waals surface area contributed by atoms with Gasteiger partial charge in [0.2, 0.25) is 23.3 Å². The van der Waals surface area contributed by atoms with Crippen LogP contribution in [0, 0.1) is 0 Å². The van der Waals surface area contributed by atoms with Crippen molar-refractivity contribution in [3.05, 3.63) is 91.2 Å². The number of benzene rings is 2. The number of thioether (sulfide) groups is 1. The number of hydrogen-bond donors (Lipinski definition) is 4. The number of hydrogen-bond acceptors (Lipinski definition) is 12. The largest absolute Gasteiger partial charge is 0.502 e. The van der Waals surface area contributed by atoms with Crippen LogP contribution in [0.5, 0.6) is 34.5 Å². The number of fused-ring (bicyclic) bond motifs is 6. The maximum absolute atomic E-state index is 13.5. The van der Waals surface area contributed by atoms with Crippen molar-refractivity contribution < 1.29 is 38.4 Å². The molecule has 306 valence electrons. The SMILES string of the molecule is COc1cc2c(c(OC)c1O)-c1ccc(S)c(=O)cc1[C@@H](NC(=O)CCCCC(=O)N[C@H]1CCc3cc(OC)c(OC)c(OC)c3-c3ccc(SC)c(=O)cc31)CC2. The van der Waals surface area contributed by atoms with E-state index in [0.29, 0.717) is 82.9 Å². The van der Waals surface area contributed by atoms with Crippen molar-refractivity contribution >= 4 is 36.2 Å². The first-order chi connectivity index (χ1) is 28.0. The number of methoxy groups -OCH3 is 5. The van der Waals surface area contributed by atoms with Gasteiger partial charge in [0.25, 0.3) is 0 Å². The lowest BCUT2D eigenvalue weighted by atomic mass is 9.95.